The molecule has 0 radical (unpaired) electrons. The molecule has 3 aliphatic rings. The molecular formula is C19H16Cl2F2N2O5. The van der Waals surface area contributed by atoms with Gasteiger partial charge in [0.1, 0.15) is 18.1 Å². The third-order valence-electron chi connectivity index (χ3n) is 5.92. The van der Waals surface area contributed by atoms with Crippen molar-refractivity contribution in [3.63, 3.8) is 0 Å². The highest BCUT2D eigenvalue weighted by Gasteiger charge is 2.74. The topological polar surface area (TPSA) is 95.9 Å². The third kappa shape index (κ3) is 2.75. The highest BCUT2D eigenvalue weighted by molar-refractivity contribution is 6.38. The van der Waals surface area contributed by atoms with E-state index in [9.17, 15) is 28.3 Å². The van der Waals surface area contributed by atoms with Crippen molar-refractivity contribution in [2.24, 2.45) is 11.8 Å². The number of alkyl halides is 2. The molecule has 3 heterocycles. The lowest BCUT2D eigenvalue weighted by atomic mass is 9.74. The highest BCUT2D eigenvalue weighted by Crippen LogP contribution is 2.61. The Morgan fingerprint density at radius 1 is 1.40 bits per heavy atom. The SMILES string of the molecule is C=CCOC(=O)[C@@H]1[C@H](C(=O)O)C2CC(F)(F)CN2[C@@]12C(=O)Nc1c(Cl)cc(Cl)cc12. The van der Waals surface area contributed by atoms with Crippen LogP contribution in [0, 0.1) is 11.8 Å². The second-order valence-corrected chi connectivity index (χ2v) is 8.39. The Morgan fingerprint density at radius 2 is 2.10 bits per heavy atom. The molecule has 4 atom stereocenters. The van der Waals surface area contributed by atoms with Gasteiger partial charge in [0.15, 0.2) is 0 Å². The van der Waals surface area contributed by atoms with E-state index in [0.29, 0.717) is 0 Å². The number of anilines is 1. The van der Waals surface area contributed by atoms with Crippen LogP contribution in [0.15, 0.2) is 24.8 Å². The van der Waals surface area contributed by atoms with Crippen LogP contribution < -0.4 is 5.32 Å². The van der Waals surface area contributed by atoms with Gasteiger partial charge in [-0.1, -0.05) is 35.9 Å². The number of esters is 1. The van der Waals surface area contributed by atoms with Gasteiger partial charge in [0.25, 0.3) is 11.8 Å². The average Bonchev–Trinajstić information content (AvgIpc) is 3.20. The van der Waals surface area contributed by atoms with Gasteiger partial charge in [-0.15, -0.1) is 0 Å². The molecular weight excluding hydrogens is 445 g/mol. The molecule has 4 rings (SSSR count). The molecule has 1 unspecified atom stereocenters. The fourth-order valence-corrected chi connectivity index (χ4v) is 5.54. The summed E-state index contributed by atoms with van der Waals surface area (Å²) in [5.41, 5.74) is -1.86. The van der Waals surface area contributed by atoms with E-state index in [1.54, 1.807) is 0 Å². The van der Waals surface area contributed by atoms with E-state index in [1.165, 1.54) is 18.2 Å². The molecule has 1 amide bonds. The number of halogens is 4. The monoisotopic (exact) mass is 460 g/mol. The van der Waals surface area contributed by atoms with Crippen molar-refractivity contribution in [1.29, 1.82) is 0 Å². The van der Waals surface area contributed by atoms with Crippen molar-refractivity contribution < 1.29 is 33.0 Å². The number of hydrogen-bond donors (Lipinski definition) is 2. The Bertz CT molecular complexity index is 988. The number of benzene rings is 1. The zero-order valence-corrected chi connectivity index (χ0v) is 16.8. The largest absolute Gasteiger partial charge is 0.481 e. The van der Waals surface area contributed by atoms with E-state index in [0.717, 1.165) is 4.90 Å². The van der Waals surface area contributed by atoms with Gasteiger partial charge in [-0.25, -0.2) is 8.78 Å². The van der Waals surface area contributed by atoms with E-state index in [1.807, 2.05) is 0 Å². The summed E-state index contributed by atoms with van der Waals surface area (Å²) < 4.78 is 33.9. The van der Waals surface area contributed by atoms with Crippen LogP contribution in [-0.2, 0) is 24.7 Å². The summed E-state index contributed by atoms with van der Waals surface area (Å²) >= 11 is 12.3. The first-order valence-electron chi connectivity index (χ1n) is 9.00. The Balaban J connectivity index is 1.99. The molecule has 0 aromatic heterocycles. The first-order valence-corrected chi connectivity index (χ1v) is 9.76. The van der Waals surface area contributed by atoms with Gasteiger partial charge in [0.05, 0.1) is 23.2 Å². The number of carbonyl (C=O) groups excluding carboxylic acids is 2. The summed E-state index contributed by atoms with van der Waals surface area (Å²) in [6.45, 7) is 2.30. The average molecular weight is 461 g/mol. The zero-order valence-electron chi connectivity index (χ0n) is 15.3. The molecule has 2 saturated heterocycles. The molecule has 7 nitrogen and oxygen atoms in total. The Kier molecular flexibility index (Phi) is 4.83. The van der Waals surface area contributed by atoms with E-state index < -0.39 is 60.2 Å². The maximum Gasteiger partial charge on any atom is 0.313 e. The molecule has 11 heteroatoms. The molecule has 3 aliphatic heterocycles. The fourth-order valence-electron chi connectivity index (χ4n) is 5.00. The second kappa shape index (κ2) is 6.90. The molecule has 0 saturated carbocycles. The van der Waals surface area contributed by atoms with Crippen LogP contribution in [0.5, 0.6) is 0 Å². The van der Waals surface area contributed by atoms with Crippen molar-refractivity contribution in [3.05, 3.63) is 40.4 Å². The van der Waals surface area contributed by atoms with Crippen molar-refractivity contribution >= 4 is 46.7 Å². The lowest BCUT2D eigenvalue weighted by Gasteiger charge is -2.36. The number of nitrogens with zero attached hydrogens (tertiary/aromatic N) is 1. The van der Waals surface area contributed by atoms with Gasteiger partial charge in [0, 0.05) is 23.0 Å². The fraction of sp³-hybridized carbons (Fsp3) is 0.421. The summed E-state index contributed by atoms with van der Waals surface area (Å²) in [6.07, 6.45) is 0.467. The van der Waals surface area contributed by atoms with E-state index in [-0.39, 0.29) is 27.9 Å². The lowest BCUT2D eigenvalue weighted by molar-refractivity contribution is -0.161. The normalized spacial score (nSPS) is 31.3. The number of amides is 1. The number of fused-ring (bicyclic) bond motifs is 4. The molecule has 2 N–H and O–H groups in total. The third-order valence-corrected chi connectivity index (χ3v) is 6.44. The maximum atomic E-state index is 14.4. The summed E-state index contributed by atoms with van der Waals surface area (Å²) in [4.78, 5) is 39.6. The number of hydrogen-bond acceptors (Lipinski definition) is 5. The number of carboxylic acid groups (broad SMARTS) is 1. The minimum atomic E-state index is -3.24. The van der Waals surface area contributed by atoms with Gasteiger partial charge in [0.2, 0.25) is 0 Å². The van der Waals surface area contributed by atoms with E-state index >= 15 is 0 Å². The standard InChI is InChI=1S/C19H16Cl2F2N2O5/c1-2-3-30-16(28)13-12(15(26)27)11-6-18(22,23)7-25(11)19(13)9-4-8(20)5-10(21)14(9)24-17(19)29/h2,4-5,11-13H,1,3,6-7H2,(H,24,29)(H,26,27)/t11?,12-,13+,19-/m1/s1. The summed E-state index contributed by atoms with van der Waals surface area (Å²) in [5.74, 6) is -9.74. The minimum Gasteiger partial charge on any atom is -0.481 e. The Hall–Kier alpha value is -2.23. The summed E-state index contributed by atoms with van der Waals surface area (Å²) in [7, 11) is 0. The van der Waals surface area contributed by atoms with E-state index in [2.05, 4.69) is 11.9 Å². The number of rotatable bonds is 4. The van der Waals surface area contributed by atoms with Crippen LogP contribution in [0.4, 0.5) is 14.5 Å². The van der Waals surface area contributed by atoms with Crippen LogP contribution in [0.25, 0.3) is 0 Å². The molecule has 0 aliphatic carbocycles. The van der Waals surface area contributed by atoms with Gasteiger partial charge in [-0.05, 0) is 12.1 Å². The van der Waals surface area contributed by atoms with Gasteiger partial charge >= 0.3 is 11.9 Å². The van der Waals surface area contributed by atoms with E-state index in [4.69, 9.17) is 27.9 Å². The summed E-state index contributed by atoms with van der Waals surface area (Å²) in [5, 5.41) is 12.6. The first kappa shape index (κ1) is 21.0. The van der Waals surface area contributed by atoms with Crippen LogP contribution in [0.2, 0.25) is 10.0 Å². The molecule has 0 bridgehead atoms. The number of ether oxygens (including phenoxy) is 1. The van der Waals surface area contributed by atoms with Crippen LogP contribution >= 0.6 is 23.2 Å². The zero-order chi connectivity index (χ0) is 22.0. The second-order valence-electron chi connectivity index (χ2n) is 7.55. The van der Waals surface area contributed by atoms with Crippen molar-refractivity contribution in [1.82, 2.24) is 4.90 Å². The van der Waals surface area contributed by atoms with Crippen LogP contribution in [0.3, 0.4) is 0 Å². The predicted molar refractivity (Wildman–Crippen MR) is 103 cm³/mol. The Morgan fingerprint density at radius 3 is 2.73 bits per heavy atom. The molecule has 2 fully saturated rings. The lowest BCUT2D eigenvalue weighted by Crippen LogP contribution is -2.54. The van der Waals surface area contributed by atoms with Gasteiger partial charge in [-0.3, -0.25) is 19.3 Å². The number of carboxylic acids is 1. The number of nitrogens with one attached hydrogen (secondary N) is 1. The molecule has 160 valence electrons. The van der Waals surface area contributed by atoms with Crippen molar-refractivity contribution in [2.75, 3.05) is 18.5 Å². The minimum absolute atomic E-state index is 0.0437. The van der Waals surface area contributed by atoms with Crippen LogP contribution in [-0.4, -0.2) is 53.0 Å². The van der Waals surface area contributed by atoms with Gasteiger partial charge in [-0.2, -0.15) is 0 Å². The highest BCUT2D eigenvalue weighted by atomic mass is 35.5. The number of aliphatic carboxylic acids is 1. The molecule has 1 aromatic rings. The molecule has 1 aromatic carbocycles. The Labute approximate surface area is 179 Å². The van der Waals surface area contributed by atoms with Crippen molar-refractivity contribution in [2.45, 2.75) is 23.9 Å². The first-order chi connectivity index (χ1) is 14.0. The van der Waals surface area contributed by atoms with Crippen molar-refractivity contribution in [3.8, 4) is 0 Å². The number of carbonyl (C=O) groups is 3. The van der Waals surface area contributed by atoms with Crippen LogP contribution in [0.1, 0.15) is 12.0 Å². The molecule has 1 spiro atoms. The smallest absolute Gasteiger partial charge is 0.313 e. The van der Waals surface area contributed by atoms with Gasteiger partial charge < -0.3 is 15.2 Å². The quantitative estimate of drug-likeness (QED) is 0.529. The maximum absolute atomic E-state index is 14.4. The summed E-state index contributed by atoms with van der Waals surface area (Å²) in [6, 6.07) is 1.42. The molecule has 30 heavy (non-hydrogen) atoms. The predicted octanol–water partition coefficient (Wildman–Crippen LogP) is 2.91.